The molecule has 2 N–H and O–H groups in total. The molecule has 1 amide bonds. The van der Waals surface area contributed by atoms with E-state index in [0.717, 1.165) is 12.7 Å². The summed E-state index contributed by atoms with van der Waals surface area (Å²) in [7, 11) is -3.14. The maximum absolute atomic E-state index is 11.3. The molecule has 0 aromatic carbocycles. The van der Waals surface area contributed by atoms with Crippen molar-refractivity contribution in [2.45, 2.75) is 13.3 Å². The van der Waals surface area contributed by atoms with E-state index in [1.54, 1.807) is 0 Å². The number of hydrogen-bond acceptors (Lipinski definition) is 3. The van der Waals surface area contributed by atoms with Crippen LogP contribution in [0.4, 0.5) is 0 Å². The summed E-state index contributed by atoms with van der Waals surface area (Å²) in [6, 6.07) is 0. The van der Waals surface area contributed by atoms with Gasteiger partial charge < -0.3 is 5.32 Å². The third kappa shape index (κ3) is 4.06. The van der Waals surface area contributed by atoms with Crippen LogP contribution in [0.2, 0.25) is 0 Å². The first-order valence-corrected chi connectivity index (χ1v) is 6.51. The molecule has 0 bridgehead atoms. The van der Waals surface area contributed by atoms with Crippen molar-refractivity contribution in [1.82, 2.24) is 10.0 Å². The van der Waals surface area contributed by atoms with Gasteiger partial charge in [0.25, 0.3) is 0 Å². The zero-order valence-electron chi connectivity index (χ0n) is 8.41. The normalized spacial score (nSPS) is 25.9. The molecule has 1 rings (SSSR count). The second-order valence-electron chi connectivity index (χ2n) is 3.78. The highest BCUT2D eigenvalue weighted by Gasteiger charge is 2.38. The van der Waals surface area contributed by atoms with Crippen LogP contribution in [0.3, 0.4) is 0 Å². The first kappa shape index (κ1) is 11.5. The second kappa shape index (κ2) is 4.27. The molecular weight excluding hydrogens is 204 g/mol. The molecule has 5 nitrogen and oxygen atoms in total. The van der Waals surface area contributed by atoms with Gasteiger partial charge >= 0.3 is 0 Å². The Kier molecular flexibility index (Phi) is 3.49. The predicted octanol–water partition coefficient (Wildman–Crippen LogP) is -0.692. The van der Waals surface area contributed by atoms with Crippen LogP contribution in [0.5, 0.6) is 0 Å². The molecule has 14 heavy (non-hydrogen) atoms. The fraction of sp³-hybridized carbons (Fsp3) is 0.875. The van der Waals surface area contributed by atoms with Gasteiger partial charge in [-0.3, -0.25) is 4.79 Å². The summed E-state index contributed by atoms with van der Waals surface area (Å²) in [4.78, 5) is 11.3. The predicted molar refractivity (Wildman–Crippen MR) is 53.1 cm³/mol. The van der Waals surface area contributed by atoms with E-state index in [1.165, 1.54) is 0 Å². The van der Waals surface area contributed by atoms with E-state index in [1.807, 2.05) is 6.92 Å². The number of rotatable bonds is 5. The minimum atomic E-state index is -3.14. The zero-order valence-corrected chi connectivity index (χ0v) is 9.23. The molecule has 1 saturated carbocycles. The van der Waals surface area contributed by atoms with Crippen LogP contribution in [0.25, 0.3) is 0 Å². The molecule has 0 aliphatic heterocycles. The minimum Gasteiger partial charge on any atom is -0.355 e. The molecule has 0 saturated heterocycles. The fourth-order valence-electron chi connectivity index (χ4n) is 1.24. The second-order valence-corrected chi connectivity index (χ2v) is 5.61. The van der Waals surface area contributed by atoms with Crippen LogP contribution in [-0.4, -0.2) is 33.7 Å². The highest BCUT2D eigenvalue weighted by molar-refractivity contribution is 7.88. The molecule has 0 aromatic rings. The monoisotopic (exact) mass is 220 g/mol. The Bertz CT molecular complexity index is 313. The SMILES string of the molecule is CC1CC1C(=O)NCCNS(C)(=O)=O. The van der Waals surface area contributed by atoms with Gasteiger partial charge in [0, 0.05) is 19.0 Å². The average molecular weight is 220 g/mol. The van der Waals surface area contributed by atoms with Crippen LogP contribution < -0.4 is 10.0 Å². The van der Waals surface area contributed by atoms with Gasteiger partial charge in [-0.25, -0.2) is 13.1 Å². The van der Waals surface area contributed by atoms with Crippen molar-refractivity contribution in [1.29, 1.82) is 0 Å². The molecule has 2 atom stereocenters. The lowest BCUT2D eigenvalue weighted by atomic mass is 10.3. The number of carbonyl (C=O) groups excluding carboxylic acids is 1. The number of carbonyl (C=O) groups is 1. The van der Waals surface area contributed by atoms with Crippen LogP contribution in [0, 0.1) is 11.8 Å². The Balaban J connectivity index is 2.07. The number of sulfonamides is 1. The molecular formula is C8H16N2O3S. The smallest absolute Gasteiger partial charge is 0.223 e. The van der Waals surface area contributed by atoms with E-state index < -0.39 is 10.0 Å². The number of hydrogen-bond donors (Lipinski definition) is 2. The Hall–Kier alpha value is -0.620. The van der Waals surface area contributed by atoms with Crippen LogP contribution in [0.1, 0.15) is 13.3 Å². The van der Waals surface area contributed by atoms with Gasteiger partial charge in [0.1, 0.15) is 0 Å². The zero-order chi connectivity index (χ0) is 10.8. The minimum absolute atomic E-state index is 0.0350. The lowest BCUT2D eigenvalue weighted by molar-refractivity contribution is -0.122. The molecule has 1 aliphatic rings. The van der Waals surface area contributed by atoms with Crippen molar-refractivity contribution in [2.75, 3.05) is 19.3 Å². The van der Waals surface area contributed by atoms with Gasteiger partial charge in [-0.2, -0.15) is 0 Å². The molecule has 0 spiro atoms. The van der Waals surface area contributed by atoms with Crippen molar-refractivity contribution in [3.05, 3.63) is 0 Å². The quantitative estimate of drug-likeness (QED) is 0.602. The topological polar surface area (TPSA) is 75.3 Å². The maximum Gasteiger partial charge on any atom is 0.223 e. The van der Waals surface area contributed by atoms with E-state index >= 15 is 0 Å². The standard InChI is InChI=1S/C8H16N2O3S/c1-6-5-7(6)8(11)9-3-4-10-14(2,12)13/h6-7,10H,3-5H2,1-2H3,(H,9,11). The van der Waals surface area contributed by atoms with Gasteiger partial charge in [-0.1, -0.05) is 6.92 Å². The van der Waals surface area contributed by atoms with E-state index in [-0.39, 0.29) is 18.4 Å². The van der Waals surface area contributed by atoms with E-state index in [2.05, 4.69) is 10.0 Å². The Morgan fingerprint density at radius 3 is 2.43 bits per heavy atom. The third-order valence-corrected chi connectivity index (χ3v) is 2.96. The highest BCUT2D eigenvalue weighted by Crippen LogP contribution is 2.37. The maximum atomic E-state index is 11.3. The molecule has 6 heteroatoms. The van der Waals surface area contributed by atoms with Crippen LogP contribution in [0.15, 0.2) is 0 Å². The van der Waals surface area contributed by atoms with Gasteiger partial charge in [-0.15, -0.1) is 0 Å². The van der Waals surface area contributed by atoms with Crippen molar-refractivity contribution >= 4 is 15.9 Å². The van der Waals surface area contributed by atoms with Crippen molar-refractivity contribution in [3.8, 4) is 0 Å². The third-order valence-electron chi connectivity index (χ3n) is 2.23. The number of amides is 1. The van der Waals surface area contributed by atoms with Crippen molar-refractivity contribution in [3.63, 3.8) is 0 Å². The summed E-state index contributed by atoms with van der Waals surface area (Å²) in [5.74, 6) is 0.666. The van der Waals surface area contributed by atoms with Gasteiger partial charge in [0.05, 0.1) is 6.26 Å². The summed E-state index contributed by atoms with van der Waals surface area (Å²) in [6.07, 6.45) is 2.04. The van der Waals surface area contributed by atoms with E-state index in [4.69, 9.17) is 0 Å². The summed E-state index contributed by atoms with van der Waals surface area (Å²) in [5.41, 5.74) is 0. The number of nitrogens with one attached hydrogen (secondary N) is 2. The first-order valence-electron chi connectivity index (χ1n) is 4.62. The van der Waals surface area contributed by atoms with Gasteiger partial charge in [-0.05, 0) is 12.3 Å². The Morgan fingerprint density at radius 1 is 1.43 bits per heavy atom. The van der Waals surface area contributed by atoms with Gasteiger partial charge in [0.2, 0.25) is 15.9 Å². The lowest BCUT2D eigenvalue weighted by Crippen LogP contribution is -2.35. The first-order chi connectivity index (χ1) is 6.40. The summed E-state index contributed by atoms with van der Waals surface area (Å²) in [5, 5.41) is 2.68. The fourth-order valence-corrected chi connectivity index (χ4v) is 1.71. The van der Waals surface area contributed by atoms with Crippen LogP contribution in [-0.2, 0) is 14.8 Å². The summed E-state index contributed by atoms with van der Waals surface area (Å²) < 4.78 is 23.6. The lowest BCUT2D eigenvalue weighted by Gasteiger charge is -2.04. The highest BCUT2D eigenvalue weighted by atomic mass is 32.2. The molecule has 0 aromatic heterocycles. The molecule has 1 aliphatic carbocycles. The average Bonchev–Trinajstić information content (AvgIpc) is 2.74. The molecule has 0 heterocycles. The molecule has 0 radical (unpaired) electrons. The van der Waals surface area contributed by atoms with E-state index in [9.17, 15) is 13.2 Å². The summed E-state index contributed by atoms with van der Waals surface area (Å²) >= 11 is 0. The van der Waals surface area contributed by atoms with Crippen molar-refractivity contribution < 1.29 is 13.2 Å². The molecule has 2 unspecified atom stereocenters. The van der Waals surface area contributed by atoms with E-state index in [0.29, 0.717) is 12.5 Å². The molecule has 1 fully saturated rings. The largest absolute Gasteiger partial charge is 0.355 e. The molecule has 82 valence electrons. The Labute approximate surface area is 84.3 Å². The Morgan fingerprint density at radius 2 is 2.00 bits per heavy atom. The van der Waals surface area contributed by atoms with Crippen molar-refractivity contribution in [2.24, 2.45) is 11.8 Å². The van der Waals surface area contributed by atoms with Gasteiger partial charge in [0.15, 0.2) is 0 Å². The van der Waals surface area contributed by atoms with Crippen LogP contribution >= 0.6 is 0 Å². The summed E-state index contributed by atoms with van der Waals surface area (Å²) in [6.45, 7) is 2.64.